The first-order valence-corrected chi connectivity index (χ1v) is 6.25. The summed E-state index contributed by atoms with van der Waals surface area (Å²) in [5.41, 5.74) is 1.03. The van der Waals surface area contributed by atoms with Crippen molar-refractivity contribution in [3.05, 3.63) is 34.9 Å². The number of hydrogen-bond acceptors (Lipinski definition) is 1. The van der Waals surface area contributed by atoms with Crippen molar-refractivity contribution in [1.82, 2.24) is 4.90 Å². The van der Waals surface area contributed by atoms with E-state index in [1.165, 1.54) is 0 Å². The van der Waals surface area contributed by atoms with Gasteiger partial charge in [0.2, 0.25) is 5.91 Å². The highest BCUT2D eigenvalue weighted by Crippen LogP contribution is 2.35. The minimum Gasteiger partial charge on any atom is -0.335 e. The number of nitrogens with zero attached hydrogens (tertiary/aromatic N) is 1. The molecule has 86 valence electrons. The fourth-order valence-corrected chi connectivity index (χ4v) is 2.63. The second-order valence-corrected chi connectivity index (χ2v) is 4.57. The highest BCUT2D eigenvalue weighted by Gasteiger charge is 2.30. The Bertz CT molecular complexity index is 394. The molecule has 1 saturated heterocycles. The van der Waals surface area contributed by atoms with Gasteiger partial charge in [0.05, 0.1) is 6.04 Å². The molecule has 0 saturated carbocycles. The molecule has 1 amide bonds. The zero-order chi connectivity index (χ0) is 11.5. The van der Waals surface area contributed by atoms with Crippen LogP contribution in [0.3, 0.4) is 0 Å². The first-order chi connectivity index (χ1) is 7.74. The molecule has 0 bridgehead atoms. The molecule has 0 aliphatic carbocycles. The van der Waals surface area contributed by atoms with Crippen LogP contribution >= 0.6 is 23.2 Å². The zero-order valence-corrected chi connectivity index (χ0v) is 10.3. The Hall–Kier alpha value is -0.730. The minimum absolute atomic E-state index is 0.0101. The molecular formula is C12H13Cl2NO. The number of likely N-dealkylation sites (tertiary alicyclic amines) is 1. The lowest BCUT2D eigenvalue weighted by molar-refractivity contribution is -0.129. The van der Waals surface area contributed by atoms with Crippen molar-refractivity contribution in [3.63, 3.8) is 0 Å². The Morgan fingerprint density at radius 3 is 2.88 bits per heavy atom. The molecule has 1 aliphatic heterocycles. The van der Waals surface area contributed by atoms with Crippen molar-refractivity contribution in [1.29, 1.82) is 0 Å². The van der Waals surface area contributed by atoms with Gasteiger partial charge in [-0.3, -0.25) is 4.79 Å². The van der Waals surface area contributed by atoms with Crippen LogP contribution in [-0.4, -0.2) is 23.2 Å². The molecular weight excluding hydrogens is 245 g/mol. The second-order valence-electron chi connectivity index (χ2n) is 3.90. The van der Waals surface area contributed by atoms with Gasteiger partial charge < -0.3 is 4.90 Å². The van der Waals surface area contributed by atoms with Crippen LogP contribution in [0.5, 0.6) is 0 Å². The van der Waals surface area contributed by atoms with Crippen LogP contribution in [0.2, 0.25) is 5.02 Å². The molecule has 1 aliphatic rings. The van der Waals surface area contributed by atoms with E-state index in [4.69, 9.17) is 23.2 Å². The fourth-order valence-electron chi connectivity index (χ4n) is 2.21. The molecule has 16 heavy (non-hydrogen) atoms. The van der Waals surface area contributed by atoms with Crippen LogP contribution in [0, 0.1) is 0 Å². The quantitative estimate of drug-likeness (QED) is 0.746. The van der Waals surface area contributed by atoms with Gasteiger partial charge in [0.1, 0.15) is 5.88 Å². The molecule has 1 aromatic carbocycles. The summed E-state index contributed by atoms with van der Waals surface area (Å²) in [7, 11) is 0. The normalized spacial score (nSPS) is 20.1. The second kappa shape index (κ2) is 5.07. The molecule has 1 heterocycles. The Balaban J connectivity index is 2.27. The molecule has 1 aromatic rings. The largest absolute Gasteiger partial charge is 0.335 e. The van der Waals surface area contributed by atoms with Crippen molar-refractivity contribution >= 4 is 29.1 Å². The number of carbonyl (C=O) groups is 1. The number of rotatable bonds is 2. The van der Waals surface area contributed by atoms with Gasteiger partial charge in [-0.25, -0.2) is 0 Å². The van der Waals surface area contributed by atoms with Crippen LogP contribution < -0.4 is 0 Å². The summed E-state index contributed by atoms with van der Waals surface area (Å²) in [6, 6.07) is 7.78. The molecule has 1 atom stereocenters. The number of benzene rings is 1. The molecule has 0 N–H and O–H groups in total. The first kappa shape index (κ1) is 11.7. The summed E-state index contributed by atoms with van der Waals surface area (Å²) in [5, 5.41) is 0.724. The third kappa shape index (κ3) is 2.18. The van der Waals surface area contributed by atoms with E-state index in [2.05, 4.69) is 0 Å². The lowest BCUT2D eigenvalue weighted by atomic mass is 10.0. The summed E-state index contributed by atoms with van der Waals surface area (Å²) >= 11 is 11.7. The van der Waals surface area contributed by atoms with E-state index in [0.717, 1.165) is 30.0 Å². The maximum atomic E-state index is 11.7. The van der Waals surface area contributed by atoms with E-state index in [0.29, 0.717) is 0 Å². The SMILES string of the molecule is O=C(CCl)N1CCCC1c1ccccc1Cl. The van der Waals surface area contributed by atoms with E-state index >= 15 is 0 Å². The maximum absolute atomic E-state index is 11.7. The number of alkyl halides is 1. The Morgan fingerprint density at radius 2 is 2.19 bits per heavy atom. The van der Waals surface area contributed by atoms with Crippen molar-refractivity contribution in [2.45, 2.75) is 18.9 Å². The van der Waals surface area contributed by atoms with Crippen LogP contribution in [0.1, 0.15) is 24.4 Å². The van der Waals surface area contributed by atoms with Crippen LogP contribution in [0.15, 0.2) is 24.3 Å². The van der Waals surface area contributed by atoms with Crippen LogP contribution in [0.25, 0.3) is 0 Å². The van der Waals surface area contributed by atoms with Crippen molar-refractivity contribution in [2.75, 3.05) is 12.4 Å². The average molecular weight is 258 g/mol. The van der Waals surface area contributed by atoms with Crippen molar-refractivity contribution < 1.29 is 4.79 Å². The van der Waals surface area contributed by atoms with Gasteiger partial charge in [-0.05, 0) is 24.5 Å². The third-order valence-corrected chi connectivity index (χ3v) is 3.52. The van der Waals surface area contributed by atoms with E-state index in [9.17, 15) is 4.79 Å². The van der Waals surface area contributed by atoms with E-state index in [1.807, 2.05) is 29.2 Å². The van der Waals surface area contributed by atoms with Crippen molar-refractivity contribution in [2.24, 2.45) is 0 Å². The maximum Gasteiger partial charge on any atom is 0.238 e. The molecule has 0 spiro atoms. The Labute approximate surface area is 105 Å². The number of halogens is 2. The molecule has 4 heteroatoms. The minimum atomic E-state index is -0.0101. The van der Waals surface area contributed by atoms with Gasteiger partial charge in [0.25, 0.3) is 0 Å². The zero-order valence-electron chi connectivity index (χ0n) is 8.83. The molecule has 1 fully saturated rings. The molecule has 1 unspecified atom stereocenters. The highest BCUT2D eigenvalue weighted by atomic mass is 35.5. The van der Waals surface area contributed by atoms with E-state index in [1.54, 1.807) is 0 Å². The van der Waals surface area contributed by atoms with Gasteiger partial charge in [-0.1, -0.05) is 29.8 Å². The summed E-state index contributed by atoms with van der Waals surface area (Å²) < 4.78 is 0. The van der Waals surface area contributed by atoms with E-state index < -0.39 is 0 Å². The summed E-state index contributed by atoms with van der Waals surface area (Å²) in [6.07, 6.45) is 1.98. The first-order valence-electron chi connectivity index (χ1n) is 5.34. The van der Waals surface area contributed by atoms with Gasteiger partial charge in [-0.15, -0.1) is 11.6 Å². The third-order valence-electron chi connectivity index (χ3n) is 2.95. The smallest absolute Gasteiger partial charge is 0.238 e. The number of amides is 1. The van der Waals surface area contributed by atoms with Gasteiger partial charge in [-0.2, -0.15) is 0 Å². The van der Waals surface area contributed by atoms with Crippen LogP contribution in [0.4, 0.5) is 0 Å². The van der Waals surface area contributed by atoms with Gasteiger partial charge in [0.15, 0.2) is 0 Å². The lowest BCUT2D eigenvalue weighted by Gasteiger charge is -2.25. The van der Waals surface area contributed by atoms with Crippen LogP contribution in [-0.2, 0) is 4.79 Å². The average Bonchev–Trinajstić information content (AvgIpc) is 2.77. The predicted octanol–water partition coefficient (Wildman–Crippen LogP) is 3.24. The standard InChI is InChI=1S/C12H13Cl2NO/c13-8-12(16)15-7-3-6-11(15)9-4-1-2-5-10(9)14/h1-2,4-5,11H,3,6-8H2. The topological polar surface area (TPSA) is 20.3 Å². The number of hydrogen-bond donors (Lipinski definition) is 0. The highest BCUT2D eigenvalue weighted by molar-refractivity contribution is 6.31. The van der Waals surface area contributed by atoms with Gasteiger partial charge >= 0.3 is 0 Å². The summed E-state index contributed by atoms with van der Waals surface area (Å²) in [4.78, 5) is 13.5. The molecule has 0 aromatic heterocycles. The number of carbonyl (C=O) groups excluding carboxylic acids is 1. The predicted molar refractivity (Wildman–Crippen MR) is 65.9 cm³/mol. The Kier molecular flexibility index (Phi) is 3.72. The van der Waals surface area contributed by atoms with Gasteiger partial charge in [0, 0.05) is 11.6 Å². The summed E-state index contributed by atoms with van der Waals surface area (Å²) in [6.45, 7) is 0.779. The molecule has 0 radical (unpaired) electrons. The molecule has 2 nitrogen and oxygen atoms in total. The van der Waals surface area contributed by atoms with E-state index in [-0.39, 0.29) is 17.8 Å². The fraction of sp³-hybridized carbons (Fsp3) is 0.417. The lowest BCUT2D eigenvalue weighted by Crippen LogP contribution is -2.31. The monoisotopic (exact) mass is 257 g/mol. The molecule has 2 rings (SSSR count). The van der Waals surface area contributed by atoms with Crippen molar-refractivity contribution in [3.8, 4) is 0 Å². The summed E-state index contributed by atoms with van der Waals surface area (Å²) in [5.74, 6) is 0.0325. The Morgan fingerprint density at radius 1 is 1.44 bits per heavy atom.